The van der Waals surface area contributed by atoms with Gasteiger partial charge in [0.1, 0.15) is 5.75 Å². The number of aliphatic hydroxyl groups excluding tert-OH is 1. The standard InChI is InChI=1S/C25H32N2O3/c1-26(2)22-14-19-16-27(17-20(19)15-23(22)28)25(29)21-10-6-7-11-24(21)30-13-12-18-8-4-3-5-9-18/h3-11,19-20,22-23,28H,12-17H2,1-2H3/t19-,20+,22-,23-/m1/s1. The van der Waals surface area contributed by atoms with E-state index in [0.717, 1.165) is 32.4 Å². The number of hydrogen-bond acceptors (Lipinski definition) is 4. The number of rotatable bonds is 6. The average molecular weight is 409 g/mol. The Morgan fingerprint density at radius 1 is 1.03 bits per heavy atom. The summed E-state index contributed by atoms with van der Waals surface area (Å²) in [7, 11) is 4.05. The topological polar surface area (TPSA) is 53.0 Å². The molecule has 0 unspecified atom stereocenters. The van der Waals surface area contributed by atoms with Gasteiger partial charge in [-0.2, -0.15) is 0 Å². The summed E-state index contributed by atoms with van der Waals surface area (Å²) < 4.78 is 6.01. The molecule has 4 atom stereocenters. The van der Waals surface area contributed by atoms with Crippen molar-refractivity contribution in [3.8, 4) is 5.75 Å². The van der Waals surface area contributed by atoms with Crippen molar-refractivity contribution in [2.75, 3.05) is 33.8 Å². The lowest BCUT2D eigenvalue weighted by Crippen LogP contribution is -2.46. The van der Waals surface area contributed by atoms with Gasteiger partial charge in [0, 0.05) is 25.6 Å². The summed E-state index contributed by atoms with van der Waals surface area (Å²) in [5.41, 5.74) is 1.85. The molecule has 1 N–H and O–H groups in total. The highest BCUT2D eigenvalue weighted by molar-refractivity contribution is 5.97. The first-order valence-electron chi connectivity index (χ1n) is 10.9. The van der Waals surface area contributed by atoms with E-state index in [1.807, 2.05) is 61.5 Å². The molecule has 5 nitrogen and oxygen atoms in total. The van der Waals surface area contributed by atoms with Crippen LogP contribution in [0.3, 0.4) is 0 Å². The molecule has 4 rings (SSSR count). The van der Waals surface area contributed by atoms with Crippen LogP contribution < -0.4 is 4.74 Å². The molecule has 1 saturated carbocycles. The van der Waals surface area contributed by atoms with Crippen molar-refractivity contribution in [3.63, 3.8) is 0 Å². The second kappa shape index (κ2) is 9.19. The van der Waals surface area contributed by atoms with Gasteiger partial charge in [0.15, 0.2) is 0 Å². The third-order valence-corrected chi connectivity index (χ3v) is 6.67. The van der Waals surface area contributed by atoms with E-state index in [1.165, 1.54) is 5.56 Å². The molecule has 30 heavy (non-hydrogen) atoms. The first-order chi connectivity index (χ1) is 14.5. The highest BCUT2D eigenvalue weighted by Crippen LogP contribution is 2.38. The largest absolute Gasteiger partial charge is 0.492 e. The maximum atomic E-state index is 13.3. The summed E-state index contributed by atoms with van der Waals surface area (Å²) in [4.78, 5) is 17.4. The van der Waals surface area contributed by atoms with E-state index in [9.17, 15) is 9.90 Å². The molecule has 160 valence electrons. The highest BCUT2D eigenvalue weighted by atomic mass is 16.5. The van der Waals surface area contributed by atoms with Gasteiger partial charge in [-0.05, 0) is 56.5 Å². The zero-order valence-electron chi connectivity index (χ0n) is 17.9. The fraction of sp³-hybridized carbons (Fsp3) is 0.480. The summed E-state index contributed by atoms with van der Waals surface area (Å²) in [5, 5.41) is 10.5. The molecule has 5 heteroatoms. The van der Waals surface area contributed by atoms with Crippen molar-refractivity contribution in [2.24, 2.45) is 11.8 Å². The molecule has 1 aliphatic carbocycles. The predicted molar refractivity (Wildman–Crippen MR) is 118 cm³/mol. The summed E-state index contributed by atoms with van der Waals surface area (Å²) in [6.45, 7) is 2.02. The Bertz CT molecular complexity index is 854. The molecule has 2 fully saturated rings. The SMILES string of the molecule is CN(C)[C@@H]1C[C@@H]2CN(C(=O)c3ccccc3OCCc3ccccc3)C[C@@H]2C[C@H]1O. The Hall–Kier alpha value is -2.37. The zero-order chi connectivity index (χ0) is 21.1. The summed E-state index contributed by atoms with van der Waals surface area (Å²) in [6, 6.07) is 18.0. The van der Waals surface area contributed by atoms with Gasteiger partial charge in [-0.25, -0.2) is 0 Å². The smallest absolute Gasteiger partial charge is 0.257 e. The molecule has 2 aromatic rings. The monoisotopic (exact) mass is 408 g/mol. The van der Waals surface area contributed by atoms with Crippen molar-refractivity contribution in [3.05, 3.63) is 65.7 Å². The fourth-order valence-corrected chi connectivity index (χ4v) is 4.99. The van der Waals surface area contributed by atoms with Crippen LogP contribution in [0.1, 0.15) is 28.8 Å². The second-order valence-electron chi connectivity index (χ2n) is 8.88. The average Bonchev–Trinajstić information content (AvgIpc) is 3.16. The summed E-state index contributed by atoms with van der Waals surface area (Å²) >= 11 is 0. The number of ether oxygens (including phenoxy) is 1. The van der Waals surface area contributed by atoms with Crippen LogP contribution in [-0.4, -0.2) is 66.8 Å². The first kappa shape index (κ1) is 20.9. The van der Waals surface area contributed by atoms with Crippen molar-refractivity contribution >= 4 is 5.91 Å². The van der Waals surface area contributed by atoms with Gasteiger partial charge in [-0.3, -0.25) is 4.79 Å². The van der Waals surface area contributed by atoms with E-state index in [2.05, 4.69) is 17.0 Å². The van der Waals surface area contributed by atoms with Gasteiger partial charge < -0.3 is 19.6 Å². The van der Waals surface area contributed by atoms with Gasteiger partial charge in [-0.1, -0.05) is 42.5 Å². The van der Waals surface area contributed by atoms with E-state index in [-0.39, 0.29) is 18.1 Å². The maximum absolute atomic E-state index is 13.3. The fourth-order valence-electron chi connectivity index (χ4n) is 4.99. The van der Waals surface area contributed by atoms with Crippen molar-refractivity contribution in [1.82, 2.24) is 9.80 Å². The van der Waals surface area contributed by atoms with Gasteiger partial charge in [0.05, 0.1) is 18.3 Å². The molecule has 0 spiro atoms. The normalized spacial score (nSPS) is 25.9. The molecule has 1 amide bonds. The number of hydrogen-bond donors (Lipinski definition) is 1. The number of likely N-dealkylation sites (N-methyl/N-ethyl adjacent to an activating group) is 1. The van der Waals surface area contributed by atoms with Crippen LogP contribution in [0.25, 0.3) is 0 Å². The lowest BCUT2D eigenvalue weighted by Gasteiger charge is -2.38. The molecule has 1 saturated heterocycles. The summed E-state index contributed by atoms with van der Waals surface area (Å²) in [5.74, 6) is 1.53. The first-order valence-corrected chi connectivity index (χ1v) is 10.9. The van der Waals surface area contributed by atoms with Gasteiger partial charge in [0.2, 0.25) is 0 Å². The third-order valence-electron chi connectivity index (χ3n) is 6.67. The Labute approximate surface area is 179 Å². The molecule has 2 aromatic carbocycles. The Balaban J connectivity index is 1.40. The van der Waals surface area contributed by atoms with E-state index < -0.39 is 0 Å². The third kappa shape index (κ3) is 4.52. The lowest BCUT2D eigenvalue weighted by molar-refractivity contribution is 0.00940. The molecule has 0 radical (unpaired) electrons. The minimum atomic E-state index is -0.315. The van der Waals surface area contributed by atoms with Crippen LogP contribution in [0.4, 0.5) is 0 Å². The Kier molecular flexibility index (Phi) is 6.40. The number of aliphatic hydroxyl groups is 1. The molecule has 1 aliphatic heterocycles. The number of nitrogens with zero attached hydrogens (tertiary/aromatic N) is 2. The second-order valence-corrected chi connectivity index (χ2v) is 8.88. The minimum absolute atomic E-state index is 0.0376. The number of benzene rings is 2. The summed E-state index contributed by atoms with van der Waals surface area (Å²) in [6.07, 6.45) is 2.20. The van der Waals surface area contributed by atoms with Crippen LogP contribution in [0.2, 0.25) is 0 Å². The van der Waals surface area contributed by atoms with E-state index >= 15 is 0 Å². The quantitative estimate of drug-likeness (QED) is 0.798. The van der Waals surface area contributed by atoms with Crippen LogP contribution in [0, 0.1) is 11.8 Å². The minimum Gasteiger partial charge on any atom is -0.492 e. The van der Waals surface area contributed by atoms with E-state index in [0.29, 0.717) is 29.8 Å². The van der Waals surface area contributed by atoms with Crippen molar-refractivity contribution in [1.29, 1.82) is 0 Å². The molecular formula is C25H32N2O3. The van der Waals surface area contributed by atoms with Crippen LogP contribution in [0.5, 0.6) is 5.75 Å². The van der Waals surface area contributed by atoms with Crippen LogP contribution in [-0.2, 0) is 6.42 Å². The predicted octanol–water partition coefficient (Wildman–Crippen LogP) is 3.08. The number of likely N-dealkylation sites (tertiary alicyclic amines) is 1. The van der Waals surface area contributed by atoms with Gasteiger partial charge in [0.25, 0.3) is 5.91 Å². The van der Waals surface area contributed by atoms with Gasteiger partial charge in [-0.15, -0.1) is 0 Å². The lowest BCUT2D eigenvalue weighted by atomic mass is 9.77. The number of carbonyl (C=O) groups is 1. The van der Waals surface area contributed by atoms with Gasteiger partial charge >= 0.3 is 0 Å². The van der Waals surface area contributed by atoms with E-state index in [1.54, 1.807) is 0 Å². The van der Waals surface area contributed by atoms with Crippen LogP contribution >= 0.6 is 0 Å². The van der Waals surface area contributed by atoms with E-state index in [4.69, 9.17) is 4.74 Å². The highest BCUT2D eigenvalue weighted by Gasteiger charge is 2.43. The molecule has 0 bridgehead atoms. The number of fused-ring (bicyclic) bond motifs is 1. The number of amides is 1. The number of carbonyl (C=O) groups excluding carboxylic acids is 1. The van der Waals surface area contributed by atoms with Crippen LogP contribution in [0.15, 0.2) is 54.6 Å². The zero-order valence-corrected chi connectivity index (χ0v) is 17.9. The van der Waals surface area contributed by atoms with Crippen molar-refractivity contribution in [2.45, 2.75) is 31.4 Å². The Morgan fingerprint density at radius 2 is 1.70 bits per heavy atom. The molecule has 2 aliphatic rings. The maximum Gasteiger partial charge on any atom is 0.257 e. The molecule has 0 aromatic heterocycles. The number of para-hydroxylation sites is 1. The molecular weight excluding hydrogens is 376 g/mol. The molecule has 1 heterocycles. The van der Waals surface area contributed by atoms with Crippen molar-refractivity contribution < 1.29 is 14.6 Å². The Morgan fingerprint density at radius 3 is 2.43 bits per heavy atom.